The summed E-state index contributed by atoms with van der Waals surface area (Å²) in [6.45, 7) is 2.11. The number of aromatic nitrogens is 1. The van der Waals surface area contributed by atoms with Crippen molar-refractivity contribution in [3.8, 4) is 0 Å². The number of hydrogen-bond donors (Lipinski definition) is 0. The summed E-state index contributed by atoms with van der Waals surface area (Å²) >= 11 is 0. The van der Waals surface area contributed by atoms with Gasteiger partial charge in [-0.15, -0.1) is 0 Å². The van der Waals surface area contributed by atoms with E-state index in [1.807, 2.05) is 6.20 Å². The Kier molecular flexibility index (Phi) is 4.10. The molecular weight excluding hydrogens is 268 g/mol. The minimum Gasteiger partial charge on any atom is -0.377 e. The lowest BCUT2D eigenvalue weighted by Gasteiger charge is -2.16. The normalized spacial score (nSPS) is 10.9. The van der Waals surface area contributed by atoms with Crippen LogP contribution in [0.15, 0.2) is 54.7 Å². The average Bonchev–Trinajstić information content (AvgIpc) is 2.53. The molecule has 0 bridgehead atoms. The Balaban J connectivity index is 1.84. The average molecular weight is 290 g/mol. The molecule has 0 fully saturated rings. The summed E-state index contributed by atoms with van der Waals surface area (Å²) in [6, 6.07) is 17.3. The molecule has 3 aromatic rings. The molecule has 3 rings (SSSR count). The molecule has 112 valence electrons. The van der Waals surface area contributed by atoms with Crippen LogP contribution in [0.5, 0.6) is 0 Å². The number of pyridine rings is 1. The molecule has 0 aliphatic heterocycles. The first-order chi connectivity index (χ1) is 10.6. The van der Waals surface area contributed by atoms with Gasteiger partial charge in [0.15, 0.2) is 0 Å². The maximum atomic E-state index is 4.59. The smallest absolute Gasteiger partial charge is 0.0427 e. The van der Waals surface area contributed by atoms with Gasteiger partial charge >= 0.3 is 0 Å². The van der Waals surface area contributed by atoms with Crippen molar-refractivity contribution in [2.24, 2.45) is 0 Å². The van der Waals surface area contributed by atoms with E-state index in [1.54, 1.807) is 0 Å². The number of fused-ring (bicyclic) bond motifs is 1. The highest BCUT2D eigenvalue weighted by molar-refractivity contribution is 5.85. The monoisotopic (exact) mass is 290 g/mol. The lowest BCUT2D eigenvalue weighted by molar-refractivity contribution is 0.912. The third kappa shape index (κ3) is 2.96. The van der Waals surface area contributed by atoms with E-state index in [2.05, 4.69) is 79.4 Å². The van der Waals surface area contributed by atoms with Gasteiger partial charge in [0.2, 0.25) is 0 Å². The fourth-order valence-electron chi connectivity index (χ4n) is 2.95. The molecule has 0 spiro atoms. The predicted octanol–water partition coefficient (Wildman–Crippen LogP) is 4.39. The van der Waals surface area contributed by atoms with Crippen molar-refractivity contribution < 1.29 is 0 Å². The SMILES string of the molecule is Cc1cnc(CCc2cccc3ccccc23)cc1N(C)C. The van der Waals surface area contributed by atoms with Crippen LogP contribution in [0, 0.1) is 6.92 Å². The Labute approximate surface area is 132 Å². The maximum absolute atomic E-state index is 4.59. The largest absolute Gasteiger partial charge is 0.377 e. The zero-order chi connectivity index (χ0) is 15.5. The number of rotatable bonds is 4. The van der Waals surface area contributed by atoms with Gasteiger partial charge in [-0.2, -0.15) is 0 Å². The van der Waals surface area contributed by atoms with Crippen molar-refractivity contribution in [1.29, 1.82) is 0 Å². The number of nitrogens with zero attached hydrogens (tertiary/aromatic N) is 2. The van der Waals surface area contributed by atoms with Gasteiger partial charge in [0.25, 0.3) is 0 Å². The topological polar surface area (TPSA) is 16.1 Å². The molecule has 22 heavy (non-hydrogen) atoms. The summed E-state index contributed by atoms with van der Waals surface area (Å²) in [5.74, 6) is 0. The summed E-state index contributed by atoms with van der Waals surface area (Å²) in [4.78, 5) is 6.74. The van der Waals surface area contributed by atoms with Crippen LogP contribution in [0.4, 0.5) is 5.69 Å². The number of aryl methyl sites for hydroxylation is 3. The number of hydrogen-bond acceptors (Lipinski definition) is 2. The van der Waals surface area contributed by atoms with Gasteiger partial charge in [-0.3, -0.25) is 4.98 Å². The quantitative estimate of drug-likeness (QED) is 0.708. The maximum Gasteiger partial charge on any atom is 0.0427 e. The van der Waals surface area contributed by atoms with Crippen molar-refractivity contribution in [2.75, 3.05) is 19.0 Å². The van der Waals surface area contributed by atoms with Gasteiger partial charge in [0, 0.05) is 31.7 Å². The highest BCUT2D eigenvalue weighted by atomic mass is 15.1. The lowest BCUT2D eigenvalue weighted by atomic mass is 10.00. The first kappa shape index (κ1) is 14.6. The highest BCUT2D eigenvalue weighted by Gasteiger charge is 2.06. The van der Waals surface area contributed by atoms with Crippen LogP contribution < -0.4 is 4.90 Å². The molecule has 2 aromatic carbocycles. The first-order valence-electron chi connectivity index (χ1n) is 7.74. The van der Waals surface area contributed by atoms with E-state index in [-0.39, 0.29) is 0 Å². The zero-order valence-electron chi connectivity index (χ0n) is 13.5. The van der Waals surface area contributed by atoms with Gasteiger partial charge in [0.05, 0.1) is 0 Å². The second-order valence-electron chi connectivity index (χ2n) is 5.99. The zero-order valence-corrected chi connectivity index (χ0v) is 13.5. The Bertz CT molecular complexity index is 785. The van der Waals surface area contributed by atoms with Crippen molar-refractivity contribution in [3.63, 3.8) is 0 Å². The summed E-state index contributed by atoms with van der Waals surface area (Å²) in [5.41, 5.74) is 5.02. The van der Waals surface area contributed by atoms with E-state index in [0.717, 1.165) is 18.5 Å². The Morgan fingerprint density at radius 3 is 2.55 bits per heavy atom. The first-order valence-corrected chi connectivity index (χ1v) is 7.74. The summed E-state index contributed by atoms with van der Waals surface area (Å²) in [6.07, 6.45) is 3.97. The number of benzene rings is 2. The molecule has 2 heteroatoms. The third-order valence-corrected chi connectivity index (χ3v) is 4.14. The van der Waals surface area contributed by atoms with E-state index in [0.29, 0.717) is 0 Å². The lowest BCUT2D eigenvalue weighted by Crippen LogP contribution is -2.11. The number of anilines is 1. The van der Waals surface area contributed by atoms with E-state index in [4.69, 9.17) is 0 Å². The molecule has 0 aliphatic carbocycles. The standard InChI is InChI=1S/C20H22N2/c1-15-14-21-18(13-20(15)22(2)3)12-11-17-9-6-8-16-7-4-5-10-19(16)17/h4-10,13-14H,11-12H2,1-3H3. The molecule has 0 saturated carbocycles. The molecule has 1 aromatic heterocycles. The summed E-state index contributed by atoms with van der Waals surface area (Å²) < 4.78 is 0. The van der Waals surface area contributed by atoms with Crippen LogP contribution in [-0.2, 0) is 12.8 Å². The van der Waals surface area contributed by atoms with Crippen LogP contribution >= 0.6 is 0 Å². The van der Waals surface area contributed by atoms with Crippen LogP contribution in [0.25, 0.3) is 10.8 Å². The highest BCUT2D eigenvalue weighted by Crippen LogP contribution is 2.22. The molecule has 0 radical (unpaired) electrons. The fraction of sp³-hybridized carbons (Fsp3) is 0.250. The summed E-state index contributed by atoms with van der Waals surface area (Å²) in [5, 5.41) is 2.66. The second-order valence-corrected chi connectivity index (χ2v) is 5.99. The van der Waals surface area contributed by atoms with Gasteiger partial charge in [0.1, 0.15) is 0 Å². The summed E-state index contributed by atoms with van der Waals surface area (Å²) in [7, 11) is 4.16. The van der Waals surface area contributed by atoms with Gasteiger partial charge in [-0.25, -0.2) is 0 Å². The minimum atomic E-state index is 0.967. The molecule has 2 nitrogen and oxygen atoms in total. The van der Waals surface area contributed by atoms with Crippen LogP contribution in [0.2, 0.25) is 0 Å². The molecule has 0 amide bonds. The van der Waals surface area contributed by atoms with E-state index in [9.17, 15) is 0 Å². The van der Waals surface area contributed by atoms with Crippen LogP contribution in [0.3, 0.4) is 0 Å². The van der Waals surface area contributed by atoms with E-state index in [1.165, 1.54) is 27.6 Å². The van der Waals surface area contributed by atoms with Gasteiger partial charge < -0.3 is 4.90 Å². The van der Waals surface area contributed by atoms with Crippen LogP contribution in [0.1, 0.15) is 16.8 Å². The second kappa shape index (κ2) is 6.18. The van der Waals surface area contributed by atoms with E-state index < -0.39 is 0 Å². The molecule has 1 heterocycles. The molecular formula is C20H22N2. The molecule has 0 N–H and O–H groups in total. The van der Waals surface area contributed by atoms with Crippen molar-refractivity contribution in [2.45, 2.75) is 19.8 Å². The van der Waals surface area contributed by atoms with Crippen molar-refractivity contribution in [3.05, 3.63) is 71.5 Å². The van der Waals surface area contributed by atoms with Gasteiger partial charge in [-0.1, -0.05) is 42.5 Å². The fourth-order valence-corrected chi connectivity index (χ4v) is 2.95. The molecule has 0 atom stereocenters. The Hall–Kier alpha value is -2.35. The van der Waals surface area contributed by atoms with E-state index >= 15 is 0 Å². The predicted molar refractivity (Wildman–Crippen MR) is 94.7 cm³/mol. The minimum absolute atomic E-state index is 0.967. The molecule has 0 aliphatic rings. The third-order valence-electron chi connectivity index (χ3n) is 4.14. The Morgan fingerprint density at radius 1 is 0.955 bits per heavy atom. The molecule has 0 saturated heterocycles. The van der Waals surface area contributed by atoms with Crippen molar-refractivity contribution >= 4 is 16.5 Å². The molecule has 0 unspecified atom stereocenters. The Morgan fingerprint density at radius 2 is 1.73 bits per heavy atom. The van der Waals surface area contributed by atoms with Crippen molar-refractivity contribution in [1.82, 2.24) is 4.98 Å². The van der Waals surface area contributed by atoms with Crippen LogP contribution in [-0.4, -0.2) is 19.1 Å². The van der Waals surface area contributed by atoms with Gasteiger partial charge in [-0.05, 0) is 47.7 Å².